The van der Waals surface area contributed by atoms with Gasteiger partial charge >= 0.3 is 0 Å². The summed E-state index contributed by atoms with van der Waals surface area (Å²) in [6, 6.07) is 10.5. The lowest BCUT2D eigenvalue weighted by Crippen LogP contribution is -2.18. The number of hydrogen-bond acceptors (Lipinski definition) is 4. The van der Waals surface area contributed by atoms with Gasteiger partial charge in [-0.2, -0.15) is 0 Å². The Kier molecular flexibility index (Phi) is 4.66. The molecule has 1 aromatic heterocycles. The third-order valence-corrected chi connectivity index (χ3v) is 4.57. The van der Waals surface area contributed by atoms with Crippen LogP contribution < -0.4 is 5.32 Å². The maximum Gasteiger partial charge on any atom is 0.127 e. The zero-order valence-corrected chi connectivity index (χ0v) is 12.6. The van der Waals surface area contributed by atoms with Crippen molar-refractivity contribution in [2.24, 2.45) is 0 Å². The van der Waals surface area contributed by atoms with E-state index in [4.69, 9.17) is 0 Å². The molecule has 1 heterocycles. The molecular weight excluding hydrogens is 254 g/mol. The molecule has 2 aromatic rings. The smallest absolute Gasteiger partial charge is 0.127 e. The minimum Gasteiger partial charge on any atom is -0.317 e. The maximum absolute atomic E-state index is 4.38. The van der Waals surface area contributed by atoms with Crippen LogP contribution in [0.3, 0.4) is 0 Å². The summed E-state index contributed by atoms with van der Waals surface area (Å²) >= 11 is 1.72. The van der Waals surface area contributed by atoms with E-state index < -0.39 is 0 Å². The monoisotopic (exact) mass is 275 g/mol. The van der Waals surface area contributed by atoms with Crippen LogP contribution in [0, 0.1) is 0 Å². The van der Waals surface area contributed by atoms with Crippen LogP contribution in [-0.2, 0) is 11.8 Å². The molecule has 3 nitrogen and oxygen atoms in total. The molecule has 0 fully saturated rings. The van der Waals surface area contributed by atoms with Gasteiger partial charge in [-0.3, -0.25) is 0 Å². The van der Waals surface area contributed by atoms with Gasteiger partial charge in [0.1, 0.15) is 10.0 Å². The third-order valence-electron chi connectivity index (χ3n) is 3.26. The predicted molar refractivity (Wildman–Crippen MR) is 80.7 cm³/mol. The lowest BCUT2D eigenvalue weighted by atomic mass is 9.85. The zero-order valence-electron chi connectivity index (χ0n) is 11.8. The first-order valence-electron chi connectivity index (χ1n) is 6.73. The highest BCUT2D eigenvalue weighted by Crippen LogP contribution is 2.33. The second kappa shape index (κ2) is 6.26. The standard InChI is InChI=1S/C15H21N3S/c1-4-16-11-10-13-17-18-14(19-13)15(2,3)12-8-6-5-7-9-12/h5-9,16H,4,10-11H2,1-3H3. The van der Waals surface area contributed by atoms with Gasteiger partial charge in [-0.15, -0.1) is 21.5 Å². The van der Waals surface area contributed by atoms with E-state index >= 15 is 0 Å². The average Bonchev–Trinajstić information content (AvgIpc) is 2.90. The van der Waals surface area contributed by atoms with E-state index in [2.05, 4.69) is 60.6 Å². The molecule has 0 saturated heterocycles. The van der Waals surface area contributed by atoms with Gasteiger partial charge in [-0.1, -0.05) is 37.3 Å². The van der Waals surface area contributed by atoms with Crippen LogP contribution in [0.4, 0.5) is 0 Å². The van der Waals surface area contributed by atoms with Crippen molar-refractivity contribution in [1.29, 1.82) is 0 Å². The highest BCUT2D eigenvalue weighted by molar-refractivity contribution is 7.11. The van der Waals surface area contributed by atoms with Crippen LogP contribution >= 0.6 is 11.3 Å². The summed E-state index contributed by atoms with van der Waals surface area (Å²) in [6.07, 6.45) is 0.955. The fraction of sp³-hybridized carbons (Fsp3) is 0.467. The minimum absolute atomic E-state index is 0.0740. The molecule has 1 N–H and O–H groups in total. The highest BCUT2D eigenvalue weighted by Gasteiger charge is 2.27. The predicted octanol–water partition coefficient (Wildman–Crippen LogP) is 3.02. The molecule has 19 heavy (non-hydrogen) atoms. The maximum atomic E-state index is 4.38. The Bertz CT molecular complexity index is 505. The van der Waals surface area contributed by atoms with E-state index in [9.17, 15) is 0 Å². The molecular formula is C15H21N3S. The van der Waals surface area contributed by atoms with Crippen LogP contribution in [0.1, 0.15) is 36.3 Å². The fourth-order valence-electron chi connectivity index (χ4n) is 1.96. The van der Waals surface area contributed by atoms with E-state index in [1.54, 1.807) is 11.3 Å². The van der Waals surface area contributed by atoms with Gasteiger partial charge in [0.25, 0.3) is 0 Å². The van der Waals surface area contributed by atoms with E-state index in [-0.39, 0.29) is 5.41 Å². The number of benzene rings is 1. The topological polar surface area (TPSA) is 37.8 Å². The molecule has 2 rings (SSSR count). The molecule has 0 aliphatic heterocycles. The highest BCUT2D eigenvalue weighted by atomic mass is 32.1. The van der Waals surface area contributed by atoms with Gasteiger partial charge in [0.15, 0.2) is 0 Å². The van der Waals surface area contributed by atoms with Crippen LogP contribution in [0.2, 0.25) is 0 Å². The molecule has 0 radical (unpaired) electrons. The summed E-state index contributed by atoms with van der Waals surface area (Å²) < 4.78 is 0. The third kappa shape index (κ3) is 3.39. The molecule has 0 saturated carbocycles. The second-order valence-corrected chi connectivity index (χ2v) is 6.16. The summed E-state index contributed by atoms with van der Waals surface area (Å²) in [7, 11) is 0. The van der Waals surface area contributed by atoms with Gasteiger partial charge in [0, 0.05) is 18.4 Å². The van der Waals surface area contributed by atoms with Crippen molar-refractivity contribution in [2.75, 3.05) is 13.1 Å². The molecule has 0 spiro atoms. The Morgan fingerprint density at radius 1 is 1.16 bits per heavy atom. The van der Waals surface area contributed by atoms with Crippen molar-refractivity contribution in [3.8, 4) is 0 Å². The summed E-state index contributed by atoms with van der Waals surface area (Å²) in [5.41, 5.74) is 1.21. The molecule has 0 atom stereocenters. The van der Waals surface area contributed by atoms with Gasteiger partial charge in [0.2, 0.25) is 0 Å². The normalized spacial score (nSPS) is 11.7. The Hall–Kier alpha value is -1.26. The first-order chi connectivity index (χ1) is 9.14. The van der Waals surface area contributed by atoms with Crippen LogP contribution in [0.25, 0.3) is 0 Å². The number of hydrogen-bond donors (Lipinski definition) is 1. The van der Waals surface area contributed by atoms with E-state index in [1.807, 2.05) is 6.07 Å². The number of nitrogens with zero attached hydrogens (tertiary/aromatic N) is 2. The van der Waals surface area contributed by atoms with Crippen LogP contribution in [-0.4, -0.2) is 23.3 Å². The van der Waals surface area contributed by atoms with E-state index in [0.29, 0.717) is 0 Å². The summed E-state index contributed by atoms with van der Waals surface area (Å²) in [4.78, 5) is 0. The van der Waals surface area contributed by atoms with Crippen molar-refractivity contribution in [2.45, 2.75) is 32.6 Å². The van der Waals surface area contributed by atoms with Crippen molar-refractivity contribution in [1.82, 2.24) is 15.5 Å². The van der Waals surface area contributed by atoms with Crippen molar-refractivity contribution in [3.63, 3.8) is 0 Å². The zero-order chi connectivity index (χ0) is 13.7. The molecule has 0 amide bonds. The molecule has 1 aromatic carbocycles. The first-order valence-corrected chi connectivity index (χ1v) is 7.55. The summed E-state index contributed by atoms with van der Waals surface area (Å²) in [6.45, 7) is 8.50. The largest absolute Gasteiger partial charge is 0.317 e. The van der Waals surface area contributed by atoms with Crippen LogP contribution in [0.5, 0.6) is 0 Å². The Balaban J connectivity index is 2.13. The number of likely N-dealkylation sites (N-methyl/N-ethyl adjacent to an activating group) is 1. The summed E-state index contributed by atoms with van der Waals surface area (Å²) in [5, 5.41) is 14.2. The van der Waals surface area contributed by atoms with Gasteiger partial charge in [-0.05, 0) is 26.0 Å². The SMILES string of the molecule is CCNCCc1nnc(C(C)(C)c2ccccc2)s1. The molecule has 0 aliphatic rings. The fourth-order valence-corrected chi connectivity index (χ4v) is 2.92. The summed E-state index contributed by atoms with van der Waals surface area (Å²) in [5.74, 6) is 0. The van der Waals surface area contributed by atoms with E-state index in [0.717, 1.165) is 29.5 Å². The van der Waals surface area contributed by atoms with Gasteiger partial charge in [-0.25, -0.2) is 0 Å². The quantitative estimate of drug-likeness (QED) is 0.824. The van der Waals surface area contributed by atoms with Gasteiger partial charge in [0.05, 0.1) is 0 Å². The molecule has 102 valence electrons. The van der Waals surface area contributed by atoms with Crippen molar-refractivity contribution in [3.05, 3.63) is 45.9 Å². The Morgan fingerprint density at radius 3 is 2.58 bits per heavy atom. The van der Waals surface area contributed by atoms with E-state index in [1.165, 1.54) is 5.56 Å². The average molecular weight is 275 g/mol. The van der Waals surface area contributed by atoms with Crippen molar-refractivity contribution >= 4 is 11.3 Å². The second-order valence-electron chi connectivity index (χ2n) is 5.10. The number of nitrogens with one attached hydrogen (secondary N) is 1. The Labute approximate surface area is 119 Å². The molecule has 0 aliphatic carbocycles. The molecule has 4 heteroatoms. The molecule has 0 unspecified atom stereocenters. The molecule has 0 bridgehead atoms. The first kappa shape index (κ1) is 14.2. The lowest BCUT2D eigenvalue weighted by molar-refractivity contribution is 0.624. The minimum atomic E-state index is -0.0740. The number of aromatic nitrogens is 2. The Morgan fingerprint density at radius 2 is 1.89 bits per heavy atom. The lowest BCUT2D eigenvalue weighted by Gasteiger charge is -2.21. The van der Waals surface area contributed by atoms with Gasteiger partial charge < -0.3 is 5.32 Å². The van der Waals surface area contributed by atoms with Crippen molar-refractivity contribution < 1.29 is 0 Å². The van der Waals surface area contributed by atoms with Crippen LogP contribution in [0.15, 0.2) is 30.3 Å². The number of rotatable bonds is 6.